The molecule has 88 valence electrons. The van der Waals surface area contributed by atoms with E-state index in [-0.39, 0.29) is 17.2 Å². The zero-order valence-electron chi connectivity index (χ0n) is 9.84. The third kappa shape index (κ3) is 2.57. The molecule has 0 bridgehead atoms. The summed E-state index contributed by atoms with van der Waals surface area (Å²) in [5.74, 6) is 0.172. The number of hydrogen-bond donors (Lipinski definition) is 1. The van der Waals surface area contributed by atoms with E-state index in [4.69, 9.17) is 5.53 Å². The SMILES string of the molecule is CC1(C)CC1C(=O)Nc1ccc(N=[N+]=[N-])cc1. The second-order valence-electron chi connectivity index (χ2n) is 4.97. The third-order valence-corrected chi connectivity index (χ3v) is 3.12. The molecule has 1 aliphatic carbocycles. The van der Waals surface area contributed by atoms with Gasteiger partial charge in [0.05, 0.1) is 0 Å². The molecule has 0 heterocycles. The van der Waals surface area contributed by atoms with Gasteiger partial charge in [-0.25, -0.2) is 0 Å². The topological polar surface area (TPSA) is 77.9 Å². The lowest BCUT2D eigenvalue weighted by Gasteiger charge is -2.06. The summed E-state index contributed by atoms with van der Waals surface area (Å²) in [6, 6.07) is 6.81. The second-order valence-corrected chi connectivity index (χ2v) is 4.97. The lowest BCUT2D eigenvalue weighted by molar-refractivity contribution is -0.117. The van der Waals surface area contributed by atoms with Gasteiger partial charge in [0, 0.05) is 22.2 Å². The molecule has 0 spiro atoms. The van der Waals surface area contributed by atoms with E-state index in [2.05, 4.69) is 29.2 Å². The van der Waals surface area contributed by atoms with Gasteiger partial charge in [0.25, 0.3) is 0 Å². The van der Waals surface area contributed by atoms with Gasteiger partial charge in [-0.1, -0.05) is 31.1 Å². The third-order valence-electron chi connectivity index (χ3n) is 3.12. The number of rotatable bonds is 3. The quantitative estimate of drug-likeness (QED) is 0.480. The van der Waals surface area contributed by atoms with Crippen molar-refractivity contribution in [2.24, 2.45) is 16.4 Å². The predicted octanol–water partition coefficient (Wildman–Crippen LogP) is 3.61. The van der Waals surface area contributed by atoms with Gasteiger partial charge in [-0.2, -0.15) is 0 Å². The summed E-state index contributed by atoms with van der Waals surface area (Å²) in [5.41, 5.74) is 9.67. The van der Waals surface area contributed by atoms with Crippen LogP contribution >= 0.6 is 0 Å². The summed E-state index contributed by atoms with van der Waals surface area (Å²) >= 11 is 0. The summed E-state index contributed by atoms with van der Waals surface area (Å²) < 4.78 is 0. The maximum absolute atomic E-state index is 11.8. The average molecular weight is 230 g/mol. The number of hydrogen-bond acceptors (Lipinski definition) is 2. The monoisotopic (exact) mass is 230 g/mol. The molecule has 0 radical (unpaired) electrons. The Hall–Kier alpha value is -2.00. The Morgan fingerprint density at radius 1 is 1.47 bits per heavy atom. The number of nitrogens with zero attached hydrogens (tertiary/aromatic N) is 3. The van der Waals surface area contributed by atoms with Gasteiger partial charge in [0.15, 0.2) is 0 Å². The molecule has 1 aromatic carbocycles. The summed E-state index contributed by atoms with van der Waals surface area (Å²) in [4.78, 5) is 14.5. The number of carbonyl (C=O) groups excluding carboxylic acids is 1. The van der Waals surface area contributed by atoms with Crippen LogP contribution in [0.15, 0.2) is 29.4 Å². The number of benzene rings is 1. The number of carbonyl (C=O) groups is 1. The molecule has 1 aromatic rings. The zero-order chi connectivity index (χ0) is 12.5. The highest BCUT2D eigenvalue weighted by Crippen LogP contribution is 2.51. The van der Waals surface area contributed by atoms with Gasteiger partial charge >= 0.3 is 0 Å². The Labute approximate surface area is 99.5 Å². The van der Waals surface area contributed by atoms with Gasteiger partial charge in [-0.3, -0.25) is 4.79 Å². The van der Waals surface area contributed by atoms with Crippen molar-refractivity contribution in [3.05, 3.63) is 34.7 Å². The molecule has 1 saturated carbocycles. The summed E-state index contributed by atoms with van der Waals surface area (Å²) in [5, 5.41) is 6.32. The first-order chi connectivity index (χ1) is 8.03. The normalized spacial score (nSPS) is 20.2. The number of nitrogens with one attached hydrogen (secondary N) is 1. The molecular weight excluding hydrogens is 216 g/mol. The van der Waals surface area contributed by atoms with Crippen LogP contribution in [0.2, 0.25) is 0 Å². The lowest BCUT2D eigenvalue weighted by Crippen LogP contribution is -2.16. The highest BCUT2D eigenvalue weighted by Gasteiger charge is 2.50. The molecule has 1 N–H and O–H groups in total. The Balaban J connectivity index is 2.00. The van der Waals surface area contributed by atoms with Gasteiger partial charge in [0.2, 0.25) is 5.91 Å². The molecule has 2 rings (SSSR count). The summed E-state index contributed by atoms with van der Waals surface area (Å²) in [6.07, 6.45) is 0.940. The second kappa shape index (κ2) is 4.11. The van der Waals surface area contributed by atoms with Crippen molar-refractivity contribution in [2.75, 3.05) is 5.32 Å². The number of anilines is 1. The van der Waals surface area contributed by atoms with Gasteiger partial charge in [-0.15, -0.1) is 0 Å². The zero-order valence-corrected chi connectivity index (χ0v) is 9.84. The van der Waals surface area contributed by atoms with Crippen LogP contribution in [0.3, 0.4) is 0 Å². The van der Waals surface area contributed by atoms with Crippen LogP contribution in [0.4, 0.5) is 11.4 Å². The maximum atomic E-state index is 11.8. The lowest BCUT2D eigenvalue weighted by atomic mass is 10.1. The van der Waals surface area contributed by atoms with Crippen molar-refractivity contribution in [1.82, 2.24) is 0 Å². The van der Waals surface area contributed by atoms with Gasteiger partial charge in [0.1, 0.15) is 0 Å². The summed E-state index contributed by atoms with van der Waals surface area (Å²) in [7, 11) is 0. The van der Waals surface area contributed by atoms with Crippen LogP contribution in [0.1, 0.15) is 20.3 Å². The van der Waals surface area contributed by atoms with Crippen molar-refractivity contribution in [3.8, 4) is 0 Å². The Morgan fingerprint density at radius 3 is 2.53 bits per heavy atom. The van der Waals surface area contributed by atoms with Crippen molar-refractivity contribution < 1.29 is 4.79 Å². The first-order valence-corrected chi connectivity index (χ1v) is 5.49. The standard InChI is InChI=1S/C12H14N4O/c1-12(2)7-10(12)11(17)14-8-3-5-9(6-4-8)15-16-13/h3-6,10H,7H2,1-2H3,(H,14,17). The fourth-order valence-electron chi connectivity index (χ4n) is 1.81. The first-order valence-electron chi connectivity index (χ1n) is 5.49. The summed E-state index contributed by atoms with van der Waals surface area (Å²) in [6.45, 7) is 4.17. The smallest absolute Gasteiger partial charge is 0.228 e. The van der Waals surface area contributed by atoms with Crippen LogP contribution in [0.25, 0.3) is 10.4 Å². The van der Waals surface area contributed by atoms with Crippen LogP contribution in [0, 0.1) is 11.3 Å². The Bertz CT molecular complexity index is 486. The van der Waals surface area contributed by atoms with E-state index >= 15 is 0 Å². The number of azide groups is 1. The van der Waals surface area contributed by atoms with Gasteiger partial charge < -0.3 is 5.32 Å². The molecule has 0 saturated heterocycles. The van der Waals surface area contributed by atoms with Gasteiger partial charge in [-0.05, 0) is 29.5 Å². The highest BCUT2D eigenvalue weighted by atomic mass is 16.2. The minimum atomic E-state index is 0.0616. The molecular formula is C12H14N4O. The molecule has 1 amide bonds. The van der Waals surface area contributed by atoms with E-state index in [1.165, 1.54) is 0 Å². The van der Waals surface area contributed by atoms with E-state index in [0.717, 1.165) is 12.1 Å². The molecule has 1 fully saturated rings. The molecule has 1 aliphatic rings. The Kier molecular flexibility index (Phi) is 2.77. The van der Waals surface area contributed by atoms with Crippen molar-refractivity contribution >= 4 is 17.3 Å². The molecule has 1 atom stereocenters. The highest BCUT2D eigenvalue weighted by molar-refractivity contribution is 5.95. The van der Waals surface area contributed by atoms with Crippen LogP contribution < -0.4 is 5.32 Å². The minimum Gasteiger partial charge on any atom is -0.326 e. The van der Waals surface area contributed by atoms with E-state index in [9.17, 15) is 4.79 Å². The van der Waals surface area contributed by atoms with Crippen molar-refractivity contribution in [3.63, 3.8) is 0 Å². The molecule has 17 heavy (non-hydrogen) atoms. The average Bonchev–Trinajstić information content (AvgIpc) is 2.91. The molecule has 5 nitrogen and oxygen atoms in total. The fraction of sp³-hybridized carbons (Fsp3) is 0.417. The van der Waals surface area contributed by atoms with Crippen molar-refractivity contribution in [1.29, 1.82) is 0 Å². The fourth-order valence-corrected chi connectivity index (χ4v) is 1.81. The number of amides is 1. The van der Waals surface area contributed by atoms with Crippen LogP contribution in [-0.4, -0.2) is 5.91 Å². The van der Waals surface area contributed by atoms with E-state index in [0.29, 0.717) is 5.69 Å². The molecule has 0 aromatic heterocycles. The minimum absolute atomic E-state index is 0.0616. The molecule has 5 heteroatoms. The first kappa shape index (κ1) is 11.5. The largest absolute Gasteiger partial charge is 0.326 e. The van der Waals surface area contributed by atoms with E-state index in [1.54, 1.807) is 24.3 Å². The van der Waals surface area contributed by atoms with E-state index in [1.807, 2.05) is 0 Å². The molecule has 0 aliphatic heterocycles. The van der Waals surface area contributed by atoms with E-state index < -0.39 is 0 Å². The molecule has 1 unspecified atom stereocenters. The Morgan fingerprint density at radius 2 is 2.06 bits per heavy atom. The maximum Gasteiger partial charge on any atom is 0.228 e. The van der Waals surface area contributed by atoms with Crippen LogP contribution in [-0.2, 0) is 4.79 Å². The van der Waals surface area contributed by atoms with Crippen LogP contribution in [0.5, 0.6) is 0 Å². The van der Waals surface area contributed by atoms with Crippen molar-refractivity contribution in [2.45, 2.75) is 20.3 Å². The predicted molar refractivity (Wildman–Crippen MR) is 65.8 cm³/mol.